The van der Waals surface area contributed by atoms with Crippen LogP contribution in [0, 0.1) is 17.2 Å². The molecule has 2 atom stereocenters. The third kappa shape index (κ3) is 6.78. The summed E-state index contributed by atoms with van der Waals surface area (Å²) in [5.74, 6) is 0.402. The molecule has 0 aliphatic heterocycles. The molecule has 1 unspecified atom stereocenters. The smallest absolute Gasteiger partial charge is 0.303 e. The first-order chi connectivity index (χ1) is 18.7. The minimum atomic E-state index is -0.795. The van der Waals surface area contributed by atoms with Crippen LogP contribution in [-0.4, -0.2) is 37.0 Å². The van der Waals surface area contributed by atoms with E-state index in [1.807, 2.05) is 56.3 Å². The number of halogens is 1. The van der Waals surface area contributed by atoms with Gasteiger partial charge in [-0.2, -0.15) is 0 Å². The van der Waals surface area contributed by atoms with Crippen LogP contribution in [-0.2, 0) is 16.1 Å². The number of methoxy groups -OCH3 is 2. The number of carbonyl (C=O) groups is 1. The van der Waals surface area contributed by atoms with Crippen LogP contribution in [0.1, 0.15) is 61.8 Å². The van der Waals surface area contributed by atoms with Crippen molar-refractivity contribution in [1.82, 2.24) is 0 Å². The third-order valence-corrected chi connectivity index (χ3v) is 7.49. The summed E-state index contributed by atoms with van der Waals surface area (Å²) in [6.45, 7) is 3.92. The van der Waals surface area contributed by atoms with E-state index in [9.17, 15) is 15.0 Å². The lowest BCUT2D eigenvalue weighted by molar-refractivity contribution is -0.137. The maximum absolute atomic E-state index is 15.0. The molecular formula is C32H37FO6. The van der Waals surface area contributed by atoms with Crippen LogP contribution in [0.25, 0.3) is 11.1 Å². The number of carboxylic acid groups (broad SMARTS) is 1. The highest BCUT2D eigenvalue weighted by Crippen LogP contribution is 2.45. The first-order valence-corrected chi connectivity index (χ1v) is 13.2. The standard InChI is InChI=1S/C32H37FO6/c1-32(2,19-34)31(38-4)28-14-20(8-12-25(28)27-16-23(37-3)11-13-29(27)33)18-39-24-7-5-6-22(15-24)26(17-30(35)36)21-9-10-21/h5-8,11-16,21,26,31,34H,9-10,17-19H2,1-4H3,(H,35,36)/t26?,31-/m1/s1. The average molecular weight is 537 g/mol. The fraction of sp³-hybridized carbons (Fsp3) is 0.406. The summed E-state index contributed by atoms with van der Waals surface area (Å²) < 4.78 is 32.4. The Kier molecular flexibility index (Phi) is 8.93. The molecular weight excluding hydrogens is 499 g/mol. The SMILES string of the molecule is COc1ccc(F)c(-c2ccc(COc3cccc(C(CC(=O)O)C4CC4)c3)cc2[C@@H](OC)C(C)(C)CO)c1. The van der Waals surface area contributed by atoms with Gasteiger partial charge in [-0.25, -0.2) is 4.39 Å². The van der Waals surface area contributed by atoms with Crippen LogP contribution in [0.15, 0.2) is 60.7 Å². The number of rotatable bonds is 13. The number of benzene rings is 3. The number of aliphatic carboxylic acids is 1. The van der Waals surface area contributed by atoms with E-state index < -0.39 is 17.5 Å². The van der Waals surface area contributed by atoms with Gasteiger partial charge in [-0.1, -0.05) is 38.1 Å². The summed E-state index contributed by atoms with van der Waals surface area (Å²) in [5, 5.41) is 19.5. The molecule has 208 valence electrons. The molecule has 2 N–H and O–H groups in total. The fourth-order valence-corrected chi connectivity index (χ4v) is 5.20. The summed E-state index contributed by atoms with van der Waals surface area (Å²) in [4.78, 5) is 11.4. The number of carboxylic acids is 1. The van der Waals surface area contributed by atoms with Crippen molar-refractivity contribution >= 4 is 5.97 Å². The summed E-state index contributed by atoms with van der Waals surface area (Å²) >= 11 is 0. The predicted octanol–water partition coefficient (Wildman–Crippen LogP) is 6.75. The van der Waals surface area contributed by atoms with Gasteiger partial charge in [-0.15, -0.1) is 0 Å². The van der Waals surface area contributed by atoms with Crippen LogP contribution in [0.3, 0.4) is 0 Å². The van der Waals surface area contributed by atoms with Gasteiger partial charge in [0.2, 0.25) is 0 Å². The topological polar surface area (TPSA) is 85.2 Å². The second kappa shape index (κ2) is 12.2. The van der Waals surface area contributed by atoms with Crippen LogP contribution in [0.5, 0.6) is 11.5 Å². The molecule has 4 rings (SSSR count). The molecule has 1 aliphatic carbocycles. The summed E-state index contributed by atoms with van der Waals surface area (Å²) in [5.41, 5.74) is 2.94. The zero-order valence-electron chi connectivity index (χ0n) is 22.9. The van der Waals surface area contributed by atoms with Gasteiger partial charge in [0.15, 0.2) is 0 Å². The summed E-state index contributed by atoms with van der Waals surface area (Å²) in [7, 11) is 3.12. The maximum Gasteiger partial charge on any atom is 0.303 e. The molecule has 1 saturated carbocycles. The molecule has 0 bridgehead atoms. The van der Waals surface area contributed by atoms with Crippen molar-refractivity contribution in [3.63, 3.8) is 0 Å². The van der Waals surface area contributed by atoms with Crippen LogP contribution >= 0.6 is 0 Å². The molecule has 6 nitrogen and oxygen atoms in total. The van der Waals surface area contributed by atoms with Gasteiger partial charge >= 0.3 is 5.97 Å². The monoisotopic (exact) mass is 536 g/mol. The molecule has 0 radical (unpaired) electrons. The second-order valence-corrected chi connectivity index (χ2v) is 10.9. The Morgan fingerprint density at radius 2 is 1.79 bits per heavy atom. The van der Waals surface area contributed by atoms with E-state index in [0.29, 0.717) is 28.5 Å². The van der Waals surface area contributed by atoms with Crippen molar-refractivity contribution in [2.24, 2.45) is 11.3 Å². The van der Waals surface area contributed by atoms with Gasteiger partial charge in [0.1, 0.15) is 23.9 Å². The van der Waals surface area contributed by atoms with Crippen molar-refractivity contribution in [3.05, 3.63) is 83.2 Å². The highest BCUT2D eigenvalue weighted by atomic mass is 19.1. The predicted molar refractivity (Wildman–Crippen MR) is 147 cm³/mol. The van der Waals surface area contributed by atoms with Gasteiger partial charge in [0.25, 0.3) is 0 Å². The molecule has 1 fully saturated rings. The molecule has 0 saturated heterocycles. The number of aliphatic hydroxyl groups excluding tert-OH is 1. The Hall–Kier alpha value is -3.42. The molecule has 0 spiro atoms. The average Bonchev–Trinajstić information content (AvgIpc) is 3.77. The fourth-order valence-electron chi connectivity index (χ4n) is 5.20. The van der Waals surface area contributed by atoms with Crippen molar-refractivity contribution in [2.75, 3.05) is 20.8 Å². The first kappa shape index (κ1) is 28.6. The molecule has 3 aromatic carbocycles. The minimum absolute atomic E-state index is 0.0159. The largest absolute Gasteiger partial charge is 0.497 e. The van der Waals surface area contributed by atoms with Crippen LogP contribution in [0.4, 0.5) is 4.39 Å². The van der Waals surface area contributed by atoms with Crippen molar-refractivity contribution in [1.29, 1.82) is 0 Å². The molecule has 3 aromatic rings. The normalized spacial score (nSPS) is 15.0. The quantitative estimate of drug-likeness (QED) is 0.251. The number of hydrogen-bond acceptors (Lipinski definition) is 5. The van der Waals surface area contributed by atoms with Crippen LogP contribution in [0.2, 0.25) is 0 Å². The Labute approximate surface area is 229 Å². The first-order valence-electron chi connectivity index (χ1n) is 13.2. The Morgan fingerprint density at radius 1 is 1.03 bits per heavy atom. The van der Waals surface area contributed by atoms with Gasteiger partial charge in [0, 0.05) is 18.1 Å². The molecule has 0 aromatic heterocycles. The van der Waals surface area contributed by atoms with Gasteiger partial charge in [-0.3, -0.25) is 4.79 Å². The second-order valence-electron chi connectivity index (χ2n) is 10.9. The lowest BCUT2D eigenvalue weighted by Gasteiger charge is -2.33. The molecule has 0 amide bonds. The van der Waals surface area contributed by atoms with E-state index in [4.69, 9.17) is 14.2 Å². The lowest BCUT2D eigenvalue weighted by Crippen LogP contribution is -2.28. The van der Waals surface area contributed by atoms with E-state index in [-0.39, 0.29) is 31.4 Å². The highest BCUT2D eigenvalue weighted by molar-refractivity contribution is 5.71. The number of hydrogen-bond donors (Lipinski definition) is 2. The lowest BCUT2D eigenvalue weighted by atomic mass is 9.80. The van der Waals surface area contributed by atoms with Crippen molar-refractivity contribution < 1.29 is 33.6 Å². The maximum atomic E-state index is 15.0. The Morgan fingerprint density at radius 3 is 2.44 bits per heavy atom. The van der Waals surface area contributed by atoms with E-state index in [2.05, 4.69) is 0 Å². The Balaban J connectivity index is 1.66. The summed E-state index contributed by atoms with van der Waals surface area (Å²) in [6.07, 6.45) is 1.69. The third-order valence-electron chi connectivity index (χ3n) is 7.49. The van der Waals surface area contributed by atoms with E-state index in [0.717, 1.165) is 29.5 Å². The number of aliphatic hydroxyl groups is 1. The van der Waals surface area contributed by atoms with Crippen LogP contribution < -0.4 is 9.47 Å². The minimum Gasteiger partial charge on any atom is -0.497 e. The molecule has 39 heavy (non-hydrogen) atoms. The zero-order chi connectivity index (χ0) is 28.2. The van der Waals surface area contributed by atoms with E-state index >= 15 is 4.39 Å². The van der Waals surface area contributed by atoms with E-state index in [1.165, 1.54) is 13.2 Å². The summed E-state index contributed by atoms with van der Waals surface area (Å²) in [6, 6.07) is 17.9. The van der Waals surface area contributed by atoms with Gasteiger partial charge in [0.05, 0.1) is 26.2 Å². The van der Waals surface area contributed by atoms with Gasteiger partial charge < -0.3 is 24.4 Å². The molecule has 7 heteroatoms. The van der Waals surface area contributed by atoms with Crippen molar-refractivity contribution in [3.8, 4) is 22.6 Å². The van der Waals surface area contributed by atoms with Crippen molar-refractivity contribution in [2.45, 2.75) is 51.7 Å². The Bertz CT molecular complexity index is 1300. The van der Waals surface area contributed by atoms with Gasteiger partial charge in [-0.05, 0) is 83.3 Å². The zero-order valence-corrected chi connectivity index (χ0v) is 22.9. The highest BCUT2D eigenvalue weighted by Gasteiger charge is 2.34. The van der Waals surface area contributed by atoms with E-state index in [1.54, 1.807) is 19.2 Å². The molecule has 0 heterocycles. The molecule has 1 aliphatic rings. The number of ether oxygens (including phenoxy) is 3.